The molecule has 62 heavy (non-hydrogen) atoms. The van der Waals surface area contributed by atoms with Crippen molar-refractivity contribution in [3.8, 4) is 22.5 Å². The highest BCUT2D eigenvalue weighted by atomic mass is 16.5. The first-order chi connectivity index (χ1) is 30.4. The molecule has 0 atom stereocenters. The SMILES string of the molecule is O=C1NC(=O)/C(=C/c2cnc3c(NC4CC4)nc(-c4cccc(CN5CCOCC5)c4)cn23)N1.O=Cc1cnc2c(CC3CC3)nc(-c3cccc(CN4CCOCC4)c3)cn12. The average molecular weight is 836 g/mol. The monoisotopic (exact) mass is 835 g/mol. The van der Waals surface area contributed by atoms with Crippen LogP contribution in [0.4, 0.5) is 10.6 Å². The molecular weight excluding hydrogens is 787 g/mol. The standard InChI is InChI=1S/C24H25N7O3.C22H24N4O2/c32-23-19(28-24(33)29-23)11-18-12-25-22-21(26-17-4-5-17)27-20(14-31(18)22)16-3-1-2-15(10-16)13-30-6-8-34-9-7-30;27-15-19-12-23-22-20(11-16-4-5-16)24-21(14-26(19)22)18-3-1-2-17(10-18)13-25-6-8-28-9-7-25/h1-3,10-12,14,17H,4-9,13H2,(H,26,27)(H2,28,29,32,33);1-3,10,12,14-16H,4-9,11,13H2/b19-11-;. The summed E-state index contributed by atoms with van der Waals surface area (Å²) in [6.07, 6.45) is 15.3. The largest absolute Gasteiger partial charge is 0.379 e. The molecule has 5 fully saturated rings. The van der Waals surface area contributed by atoms with Crippen molar-refractivity contribution in [1.82, 2.24) is 49.2 Å². The lowest BCUT2D eigenvalue weighted by molar-refractivity contribution is -0.115. The van der Waals surface area contributed by atoms with Crippen LogP contribution in [0, 0.1) is 5.92 Å². The number of carbonyl (C=O) groups excluding carboxylic acids is 3. The maximum atomic E-state index is 12.0. The van der Waals surface area contributed by atoms with Gasteiger partial charge in [0.05, 0.1) is 61.6 Å². The number of benzene rings is 2. The number of rotatable bonds is 12. The highest BCUT2D eigenvalue weighted by Crippen LogP contribution is 2.34. The number of nitrogens with zero attached hydrogens (tertiary/aromatic N) is 8. The predicted molar refractivity (Wildman–Crippen MR) is 232 cm³/mol. The van der Waals surface area contributed by atoms with Crippen molar-refractivity contribution in [3.05, 3.63) is 107 Å². The maximum absolute atomic E-state index is 12.0. The van der Waals surface area contributed by atoms with E-state index < -0.39 is 11.9 Å². The number of aldehydes is 1. The van der Waals surface area contributed by atoms with Crippen molar-refractivity contribution in [3.63, 3.8) is 0 Å². The fourth-order valence-corrected chi connectivity index (χ4v) is 8.12. The third kappa shape index (κ3) is 9.13. The summed E-state index contributed by atoms with van der Waals surface area (Å²) < 4.78 is 14.7. The lowest BCUT2D eigenvalue weighted by Gasteiger charge is -2.26. The van der Waals surface area contributed by atoms with Gasteiger partial charge in [-0.3, -0.25) is 33.5 Å². The van der Waals surface area contributed by atoms with E-state index in [9.17, 15) is 14.4 Å². The van der Waals surface area contributed by atoms with Crippen LogP contribution in [-0.4, -0.2) is 115 Å². The van der Waals surface area contributed by atoms with E-state index in [1.165, 1.54) is 24.0 Å². The van der Waals surface area contributed by atoms with E-state index in [0.717, 1.165) is 125 Å². The molecule has 0 spiro atoms. The zero-order valence-electron chi connectivity index (χ0n) is 34.5. The summed E-state index contributed by atoms with van der Waals surface area (Å²) in [5.41, 5.74) is 10.2. The van der Waals surface area contributed by atoms with Gasteiger partial charge in [-0.15, -0.1) is 0 Å². The minimum atomic E-state index is -0.527. The topological polar surface area (TPSA) is 173 Å². The molecule has 16 nitrogen and oxygen atoms in total. The Bertz CT molecular complexity index is 2670. The number of carbonyl (C=O) groups is 3. The van der Waals surface area contributed by atoms with Crippen LogP contribution < -0.4 is 16.0 Å². The molecule has 7 heterocycles. The number of fused-ring (bicyclic) bond motifs is 2. The van der Waals surface area contributed by atoms with Crippen molar-refractivity contribution >= 4 is 41.4 Å². The van der Waals surface area contributed by atoms with Crippen LogP contribution in [0.3, 0.4) is 0 Å². The Balaban J connectivity index is 0.000000151. The molecule has 3 amide bonds. The third-order valence-corrected chi connectivity index (χ3v) is 11.8. The second-order valence-corrected chi connectivity index (χ2v) is 16.6. The van der Waals surface area contributed by atoms with Gasteiger partial charge < -0.3 is 20.1 Å². The van der Waals surface area contributed by atoms with Gasteiger partial charge in [0.25, 0.3) is 5.91 Å². The van der Waals surface area contributed by atoms with Gasteiger partial charge in [0.15, 0.2) is 23.4 Å². The summed E-state index contributed by atoms with van der Waals surface area (Å²) in [5.74, 6) is 0.958. The molecule has 6 aromatic rings. The molecule has 3 N–H and O–H groups in total. The van der Waals surface area contributed by atoms with Crippen molar-refractivity contribution in [2.75, 3.05) is 57.9 Å². The van der Waals surface area contributed by atoms with E-state index >= 15 is 0 Å². The Morgan fingerprint density at radius 2 is 1.32 bits per heavy atom. The molecule has 2 aliphatic carbocycles. The van der Waals surface area contributed by atoms with E-state index in [0.29, 0.717) is 34.8 Å². The molecule has 3 aliphatic heterocycles. The number of aromatic nitrogens is 6. The molecule has 0 radical (unpaired) electrons. The van der Waals surface area contributed by atoms with Crippen molar-refractivity contribution < 1.29 is 23.9 Å². The zero-order valence-corrected chi connectivity index (χ0v) is 34.5. The Labute approximate surface area is 358 Å². The first-order valence-electron chi connectivity index (χ1n) is 21.5. The van der Waals surface area contributed by atoms with Gasteiger partial charge in [0, 0.05) is 68.8 Å². The fraction of sp³-hybridized carbons (Fsp3) is 0.370. The van der Waals surface area contributed by atoms with Gasteiger partial charge in [-0.25, -0.2) is 24.7 Å². The Morgan fingerprint density at radius 3 is 1.90 bits per heavy atom. The number of anilines is 1. The summed E-state index contributed by atoms with van der Waals surface area (Å²) >= 11 is 0. The first kappa shape index (κ1) is 39.8. The van der Waals surface area contributed by atoms with Gasteiger partial charge in [-0.2, -0.15) is 0 Å². The minimum Gasteiger partial charge on any atom is -0.379 e. The van der Waals surface area contributed by atoms with E-state index in [2.05, 4.69) is 84.2 Å². The molecule has 2 aromatic carbocycles. The number of nitrogens with one attached hydrogen (secondary N) is 3. The number of urea groups is 1. The Hall–Kier alpha value is -6.33. The van der Waals surface area contributed by atoms with Crippen LogP contribution in [0.25, 0.3) is 39.9 Å². The summed E-state index contributed by atoms with van der Waals surface area (Å²) in [4.78, 5) is 58.7. The summed E-state index contributed by atoms with van der Waals surface area (Å²) in [5, 5.41) is 8.24. The average Bonchev–Trinajstić information content (AvgIpc) is 4.19. The third-order valence-electron chi connectivity index (χ3n) is 11.8. The molecule has 16 heteroatoms. The van der Waals surface area contributed by atoms with E-state index in [1.54, 1.807) is 18.5 Å². The Kier molecular flexibility index (Phi) is 11.3. The van der Waals surface area contributed by atoms with Crippen LogP contribution in [0.1, 0.15) is 58.7 Å². The molecule has 5 aliphatic rings. The van der Waals surface area contributed by atoms with E-state index in [1.807, 2.05) is 21.2 Å². The number of imide groups is 1. The first-order valence-corrected chi connectivity index (χ1v) is 21.5. The van der Waals surface area contributed by atoms with Crippen LogP contribution in [0.15, 0.2) is 79.0 Å². The molecule has 0 bridgehead atoms. The molecule has 4 aromatic heterocycles. The number of morpholine rings is 2. The van der Waals surface area contributed by atoms with Gasteiger partial charge in [0.2, 0.25) is 0 Å². The normalized spacial score (nSPS) is 19.1. The van der Waals surface area contributed by atoms with Crippen LogP contribution >= 0.6 is 0 Å². The second-order valence-electron chi connectivity index (χ2n) is 16.6. The number of hydrogen-bond acceptors (Lipinski definition) is 12. The number of imidazole rings is 2. The van der Waals surface area contributed by atoms with E-state index in [-0.39, 0.29) is 5.70 Å². The molecular formula is C46H49N11O5. The molecule has 11 rings (SSSR count). The predicted octanol–water partition coefficient (Wildman–Crippen LogP) is 4.98. The second kappa shape index (κ2) is 17.6. The maximum Gasteiger partial charge on any atom is 0.326 e. The lowest BCUT2D eigenvalue weighted by atomic mass is 10.1. The van der Waals surface area contributed by atoms with Gasteiger partial charge in [0.1, 0.15) is 11.4 Å². The summed E-state index contributed by atoms with van der Waals surface area (Å²) in [7, 11) is 0. The van der Waals surface area contributed by atoms with Gasteiger partial charge in [-0.1, -0.05) is 36.4 Å². The lowest BCUT2D eigenvalue weighted by Crippen LogP contribution is -2.35. The summed E-state index contributed by atoms with van der Waals surface area (Å²) in [6, 6.07) is 16.8. The smallest absolute Gasteiger partial charge is 0.326 e. The van der Waals surface area contributed by atoms with Crippen molar-refractivity contribution in [2.45, 2.75) is 51.2 Å². The van der Waals surface area contributed by atoms with Gasteiger partial charge in [-0.05, 0) is 67.4 Å². The molecule has 2 saturated carbocycles. The van der Waals surface area contributed by atoms with Gasteiger partial charge >= 0.3 is 6.03 Å². The number of ether oxygens (including phenoxy) is 2. The number of hydrogen-bond donors (Lipinski definition) is 3. The van der Waals surface area contributed by atoms with Crippen LogP contribution in [-0.2, 0) is 33.8 Å². The summed E-state index contributed by atoms with van der Waals surface area (Å²) in [6.45, 7) is 8.73. The molecule has 3 saturated heterocycles. The molecule has 318 valence electrons. The van der Waals surface area contributed by atoms with Crippen molar-refractivity contribution in [1.29, 1.82) is 0 Å². The highest BCUT2D eigenvalue weighted by molar-refractivity contribution is 6.14. The zero-order chi connectivity index (χ0) is 42.0. The Morgan fingerprint density at radius 1 is 0.726 bits per heavy atom. The fourth-order valence-electron chi connectivity index (χ4n) is 8.12. The molecule has 0 unspecified atom stereocenters. The number of amides is 3. The van der Waals surface area contributed by atoms with Crippen molar-refractivity contribution in [2.24, 2.45) is 5.92 Å². The van der Waals surface area contributed by atoms with E-state index in [4.69, 9.17) is 19.4 Å². The highest BCUT2D eigenvalue weighted by Gasteiger charge is 2.27. The van der Waals surface area contributed by atoms with Crippen LogP contribution in [0.5, 0.6) is 0 Å². The quantitative estimate of drug-likeness (QED) is 0.0860. The minimum absolute atomic E-state index is 0.189. The van der Waals surface area contributed by atoms with Crippen LogP contribution in [0.2, 0.25) is 0 Å².